The second-order valence-corrected chi connectivity index (χ2v) is 4.37. The number of carbonyl (C=O) groups excluding carboxylic acids is 1. The minimum atomic E-state index is -1.94. The van der Waals surface area contributed by atoms with Gasteiger partial charge in [0.25, 0.3) is 0 Å². The highest BCUT2D eigenvalue weighted by Crippen LogP contribution is 2.29. The summed E-state index contributed by atoms with van der Waals surface area (Å²) in [4.78, 5) is 20.9. The van der Waals surface area contributed by atoms with Crippen LogP contribution >= 0.6 is 0 Å². The molecule has 1 aliphatic rings. The molecule has 7 heteroatoms. The largest absolute Gasteiger partial charge is 0.464 e. The molecule has 1 saturated heterocycles. The van der Waals surface area contributed by atoms with Gasteiger partial charge in [0.2, 0.25) is 11.6 Å². The maximum absolute atomic E-state index is 14.3. The molecule has 0 radical (unpaired) electrons. The molecule has 0 atom stereocenters. The van der Waals surface area contributed by atoms with Crippen molar-refractivity contribution in [2.45, 2.75) is 25.4 Å². The van der Waals surface area contributed by atoms with Crippen LogP contribution < -0.4 is 4.90 Å². The number of piperidine rings is 1. The number of carbonyl (C=O) groups is 1. The first-order valence-corrected chi connectivity index (χ1v) is 6.14. The number of hydrogen-bond acceptors (Lipinski definition) is 5. The molecule has 0 saturated carbocycles. The predicted octanol–water partition coefficient (Wildman–Crippen LogP) is 1.49. The third-order valence-electron chi connectivity index (χ3n) is 3.09. The van der Waals surface area contributed by atoms with Crippen molar-refractivity contribution in [1.82, 2.24) is 9.97 Å². The van der Waals surface area contributed by atoms with Gasteiger partial charge < -0.3 is 9.64 Å². The van der Waals surface area contributed by atoms with E-state index in [1.807, 2.05) is 0 Å². The zero-order valence-electron chi connectivity index (χ0n) is 10.6. The second-order valence-electron chi connectivity index (χ2n) is 4.37. The molecule has 0 aliphatic carbocycles. The van der Waals surface area contributed by atoms with Crippen molar-refractivity contribution in [3.05, 3.63) is 18.2 Å². The summed E-state index contributed by atoms with van der Waals surface area (Å²) >= 11 is 0. The highest BCUT2D eigenvalue weighted by molar-refractivity contribution is 5.79. The SMILES string of the molecule is CCOC(=O)C1(F)CCN(c2ncc(F)cn2)CC1. The van der Waals surface area contributed by atoms with Crippen molar-refractivity contribution in [3.8, 4) is 0 Å². The predicted molar refractivity (Wildman–Crippen MR) is 63.9 cm³/mol. The highest BCUT2D eigenvalue weighted by Gasteiger charge is 2.43. The van der Waals surface area contributed by atoms with Crippen LogP contribution in [0.15, 0.2) is 12.4 Å². The van der Waals surface area contributed by atoms with Crippen LogP contribution in [-0.2, 0) is 9.53 Å². The molecule has 0 unspecified atom stereocenters. The molecule has 104 valence electrons. The van der Waals surface area contributed by atoms with Gasteiger partial charge in [-0.15, -0.1) is 0 Å². The van der Waals surface area contributed by atoms with E-state index in [9.17, 15) is 13.6 Å². The maximum Gasteiger partial charge on any atom is 0.344 e. The molecular formula is C12H15F2N3O2. The lowest BCUT2D eigenvalue weighted by Crippen LogP contribution is -2.47. The van der Waals surface area contributed by atoms with Gasteiger partial charge in [0.1, 0.15) is 0 Å². The van der Waals surface area contributed by atoms with E-state index in [1.54, 1.807) is 11.8 Å². The summed E-state index contributed by atoms with van der Waals surface area (Å²) < 4.78 is 31.7. The van der Waals surface area contributed by atoms with Crippen molar-refractivity contribution in [1.29, 1.82) is 0 Å². The number of anilines is 1. The molecule has 1 aromatic heterocycles. The monoisotopic (exact) mass is 271 g/mol. The molecular weight excluding hydrogens is 256 g/mol. The van der Waals surface area contributed by atoms with Crippen LogP contribution in [0, 0.1) is 5.82 Å². The van der Waals surface area contributed by atoms with E-state index >= 15 is 0 Å². The van der Waals surface area contributed by atoms with Crippen LogP contribution in [0.1, 0.15) is 19.8 Å². The first kappa shape index (κ1) is 13.6. The van der Waals surface area contributed by atoms with E-state index < -0.39 is 17.5 Å². The summed E-state index contributed by atoms with van der Waals surface area (Å²) in [6, 6.07) is 0. The fourth-order valence-electron chi connectivity index (χ4n) is 1.99. The Labute approximate surface area is 109 Å². The molecule has 0 bridgehead atoms. The summed E-state index contributed by atoms with van der Waals surface area (Å²) in [7, 11) is 0. The van der Waals surface area contributed by atoms with Crippen molar-refractivity contribution in [3.63, 3.8) is 0 Å². The third-order valence-corrected chi connectivity index (χ3v) is 3.09. The lowest BCUT2D eigenvalue weighted by Gasteiger charge is -2.34. The van der Waals surface area contributed by atoms with Gasteiger partial charge in [-0.05, 0) is 6.92 Å². The lowest BCUT2D eigenvalue weighted by atomic mass is 9.93. The van der Waals surface area contributed by atoms with Crippen LogP contribution in [0.25, 0.3) is 0 Å². The highest BCUT2D eigenvalue weighted by atomic mass is 19.1. The van der Waals surface area contributed by atoms with Crippen molar-refractivity contribution < 1.29 is 18.3 Å². The Hall–Kier alpha value is -1.79. The maximum atomic E-state index is 14.3. The Morgan fingerprint density at radius 1 is 1.42 bits per heavy atom. The van der Waals surface area contributed by atoms with Crippen molar-refractivity contribution >= 4 is 11.9 Å². The van der Waals surface area contributed by atoms with Gasteiger partial charge in [0, 0.05) is 25.9 Å². The minimum Gasteiger partial charge on any atom is -0.464 e. The average Bonchev–Trinajstić information content (AvgIpc) is 2.41. The summed E-state index contributed by atoms with van der Waals surface area (Å²) in [6.45, 7) is 2.39. The van der Waals surface area contributed by atoms with E-state index in [2.05, 4.69) is 9.97 Å². The Bertz CT molecular complexity index is 445. The number of nitrogens with zero attached hydrogens (tertiary/aromatic N) is 3. The Morgan fingerprint density at radius 2 is 2.00 bits per heavy atom. The van der Waals surface area contributed by atoms with E-state index in [1.165, 1.54) is 0 Å². The topological polar surface area (TPSA) is 55.3 Å². The molecule has 5 nitrogen and oxygen atoms in total. The van der Waals surface area contributed by atoms with Gasteiger partial charge in [-0.2, -0.15) is 0 Å². The summed E-state index contributed by atoms with van der Waals surface area (Å²) in [5.74, 6) is -0.992. The molecule has 19 heavy (non-hydrogen) atoms. The smallest absolute Gasteiger partial charge is 0.344 e. The zero-order valence-corrected chi connectivity index (χ0v) is 10.6. The van der Waals surface area contributed by atoms with Crippen LogP contribution in [0.4, 0.5) is 14.7 Å². The third kappa shape index (κ3) is 2.97. The first-order chi connectivity index (χ1) is 9.05. The van der Waals surface area contributed by atoms with Gasteiger partial charge in [0.15, 0.2) is 5.82 Å². The van der Waals surface area contributed by atoms with E-state index in [0.29, 0.717) is 19.0 Å². The van der Waals surface area contributed by atoms with E-state index in [-0.39, 0.29) is 19.4 Å². The Kier molecular flexibility index (Phi) is 3.92. The molecule has 1 aromatic rings. The van der Waals surface area contributed by atoms with Gasteiger partial charge >= 0.3 is 5.97 Å². The first-order valence-electron chi connectivity index (χ1n) is 6.14. The molecule has 0 amide bonds. The fourth-order valence-corrected chi connectivity index (χ4v) is 1.99. The summed E-state index contributed by atoms with van der Waals surface area (Å²) in [6.07, 6.45) is 2.16. The number of ether oxygens (including phenoxy) is 1. The normalized spacial score (nSPS) is 18.2. The average molecular weight is 271 g/mol. The van der Waals surface area contributed by atoms with E-state index in [0.717, 1.165) is 12.4 Å². The van der Waals surface area contributed by atoms with Crippen LogP contribution in [0.5, 0.6) is 0 Å². The van der Waals surface area contributed by atoms with Crippen molar-refractivity contribution in [2.75, 3.05) is 24.6 Å². The van der Waals surface area contributed by atoms with E-state index in [4.69, 9.17) is 4.74 Å². The van der Waals surface area contributed by atoms with Gasteiger partial charge in [-0.3, -0.25) is 0 Å². The molecule has 0 N–H and O–H groups in total. The number of halogens is 2. The summed E-state index contributed by atoms with van der Waals surface area (Å²) in [5, 5.41) is 0. The van der Waals surface area contributed by atoms with Crippen LogP contribution in [-0.4, -0.2) is 41.3 Å². The van der Waals surface area contributed by atoms with Crippen LogP contribution in [0.3, 0.4) is 0 Å². The van der Waals surface area contributed by atoms with Crippen molar-refractivity contribution in [2.24, 2.45) is 0 Å². The Balaban J connectivity index is 1.99. The quantitative estimate of drug-likeness (QED) is 0.780. The second kappa shape index (κ2) is 5.46. The number of alkyl halides is 1. The summed E-state index contributed by atoms with van der Waals surface area (Å²) in [5.41, 5.74) is -1.94. The van der Waals surface area contributed by atoms with Gasteiger partial charge in [-0.25, -0.2) is 23.5 Å². The number of esters is 1. The van der Waals surface area contributed by atoms with Gasteiger partial charge in [0.05, 0.1) is 19.0 Å². The number of rotatable bonds is 3. The Morgan fingerprint density at radius 3 is 2.53 bits per heavy atom. The van der Waals surface area contributed by atoms with Crippen LogP contribution in [0.2, 0.25) is 0 Å². The molecule has 0 aromatic carbocycles. The number of aromatic nitrogens is 2. The molecule has 0 spiro atoms. The fraction of sp³-hybridized carbons (Fsp3) is 0.583. The standard InChI is InChI=1S/C12H15F2N3O2/c1-2-19-10(18)12(14)3-5-17(6-4-12)11-15-7-9(13)8-16-11/h7-8H,2-6H2,1H3. The number of hydrogen-bond donors (Lipinski definition) is 0. The van der Waals surface area contributed by atoms with Gasteiger partial charge in [-0.1, -0.05) is 0 Å². The molecule has 2 rings (SSSR count). The minimum absolute atomic E-state index is 0.0204. The lowest BCUT2D eigenvalue weighted by molar-refractivity contribution is -0.158. The molecule has 2 heterocycles. The molecule has 1 fully saturated rings. The zero-order chi connectivity index (χ0) is 13.9. The molecule has 1 aliphatic heterocycles.